The Hall–Kier alpha value is -1.64. The van der Waals surface area contributed by atoms with Crippen molar-refractivity contribution in [1.82, 2.24) is 5.32 Å². The minimum Gasteiger partial charge on any atom is -0.309 e. The van der Waals surface area contributed by atoms with Crippen molar-refractivity contribution in [1.29, 1.82) is 0 Å². The minimum atomic E-state index is 0.257. The lowest BCUT2D eigenvalue weighted by Crippen LogP contribution is -2.19. The number of rotatable bonds is 3. The van der Waals surface area contributed by atoms with E-state index in [0.717, 1.165) is 0 Å². The van der Waals surface area contributed by atoms with Crippen molar-refractivity contribution >= 4 is 22.1 Å². The van der Waals surface area contributed by atoms with Gasteiger partial charge in [-0.2, -0.15) is 11.3 Å². The summed E-state index contributed by atoms with van der Waals surface area (Å²) in [6, 6.07) is 13.3. The van der Waals surface area contributed by atoms with Gasteiger partial charge < -0.3 is 5.32 Å². The van der Waals surface area contributed by atoms with Gasteiger partial charge >= 0.3 is 0 Å². The van der Waals surface area contributed by atoms with E-state index in [9.17, 15) is 0 Å². The summed E-state index contributed by atoms with van der Waals surface area (Å²) in [4.78, 5) is 0. The molecule has 0 aliphatic heterocycles. The monoisotopic (exact) mass is 281 g/mol. The van der Waals surface area contributed by atoms with Gasteiger partial charge in [-0.1, -0.05) is 36.4 Å². The molecule has 0 fully saturated rings. The highest BCUT2D eigenvalue weighted by Gasteiger charge is 2.19. The normalized spacial score (nSPS) is 12.8. The fourth-order valence-corrected chi connectivity index (χ4v) is 3.79. The Kier molecular flexibility index (Phi) is 3.60. The van der Waals surface area contributed by atoms with Crippen LogP contribution in [0.4, 0.5) is 0 Å². The number of aryl methyl sites for hydroxylation is 2. The lowest BCUT2D eigenvalue weighted by Gasteiger charge is -2.21. The molecule has 0 aliphatic carbocycles. The van der Waals surface area contributed by atoms with Gasteiger partial charge in [0.15, 0.2) is 0 Å². The van der Waals surface area contributed by atoms with Gasteiger partial charge in [-0.3, -0.25) is 0 Å². The van der Waals surface area contributed by atoms with Gasteiger partial charge in [0.05, 0.1) is 6.04 Å². The third-order valence-electron chi connectivity index (χ3n) is 3.97. The third kappa shape index (κ3) is 2.15. The summed E-state index contributed by atoms with van der Waals surface area (Å²) in [5.74, 6) is 0. The lowest BCUT2D eigenvalue weighted by atomic mass is 9.90. The molecule has 3 aromatic rings. The van der Waals surface area contributed by atoms with E-state index in [1.54, 1.807) is 11.3 Å². The van der Waals surface area contributed by atoms with E-state index in [1.807, 2.05) is 7.05 Å². The molecule has 0 radical (unpaired) electrons. The predicted octanol–water partition coefficient (Wildman–Crippen LogP) is 4.83. The molecule has 20 heavy (non-hydrogen) atoms. The van der Waals surface area contributed by atoms with E-state index in [-0.39, 0.29) is 6.04 Å². The Bertz CT molecular complexity index is 742. The minimum absolute atomic E-state index is 0.257. The number of fused-ring (bicyclic) bond motifs is 1. The SMILES string of the molecule is CNC(c1cscc1C)c1c(C)ccc2ccccc12. The highest BCUT2D eigenvalue weighted by molar-refractivity contribution is 7.08. The first-order chi connectivity index (χ1) is 9.72. The molecule has 1 N–H and O–H groups in total. The second-order valence-corrected chi connectivity index (χ2v) is 5.99. The molecule has 1 aromatic heterocycles. The van der Waals surface area contributed by atoms with Crippen LogP contribution in [0.25, 0.3) is 10.8 Å². The molecule has 0 bridgehead atoms. The smallest absolute Gasteiger partial charge is 0.0593 e. The zero-order valence-corrected chi connectivity index (χ0v) is 12.9. The average molecular weight is 281 g/mol. The van der Waals surface area contributed by atoms with Crippen molar-refractivity contribution in [2.45, 2.75) is 19.9 Å². The highest BCUT2D eigenvalue weighted by Crippen LogP contribution is 2.34. The molecular formula is C18H19NS. The Balaban J connectivity index is 2.27. The van der Waals surface area contributed by atoms with Crippen LogP contribution in [0.5, 0.6) is 0 Å². The van der Waals surface area contributed by atoms with Crippen LogP contribution in [-0.4, -0.2) is 7.05 Å². The zero-order valence-electron chi connectivity index (χ0n) is 12.1. The van der Waals surface area contributed by atoms with Gasteiger partial charge in [-0.05, 0) is 64.7 Å². The Morgan fingerprint density at radius 3 is 2.45 bits per heavy atom. The maximum absolute atomic E-state index is 3.50. The summed E-state index contributed by atoms with van der Waals surface area (Å²) in [5, 5.41) is 10.6. The van der Waals surface area contributed by atoms with Crippen LogP contribution in [0.1, 0.15) is 28.3 Å². The van der Waals surface area contributed by atoms with Crippen molar-refractivity contribution in [2.75, 3.05) is 7.05 Å². The number of nitrogens with one attached hydrogen (secondary N) is 1. The number of hydrogen-bond donors (Lipinski definition) is 1. The summed E-state index contributed by atoms with van der Waals surface area (Å²) >= 11 is 1.78. The molecule has 3 rings (SSSR count). The third-order valence-corrected chi connectivity index (χ3v) is 4.85. The van der Waals surface area contributed by atoms with Gasteiger partial charge in [0.2, 0.25) is 0 Å². The summed E-state index contributed by atoms with van der Waals surface area (Å²) in [6.45, 7) is 4.39. The van der Waals surface area contributed by atoms with E-state index in [0.29, 0.717) is 0 Å². The molecule has 0 saturated carbocycles. The molecule has 1 nitrogen and oxygen atoms in total. The van der Waals surface area contributed by atoms with Crippen LogP contribution in [0.2, 0.25) is 0 Å². The highest BCUT2D eigenvalue weighted by atomic mass is 32.1. The molecule has 0 saturated heterocycles. The van der Waals surface area contributed by atoms with Gasteiger partial charge in [-0.15, -0.1) is 0 Å². The first-order valence-electron chi connectivity index (χ1n) is 6.90. The molecule has 0 spiro atoms. The standard InChI is InChI=1S/C18H19NS/c1-12-8-9-14-6-4-5-7-15(14)17(12)18(19-3)16-11-20-10-13(16)2/h4-11,18-19H,1-3H3. The largest absolute Gasteiger partial charge is 0.309 e. The van der Waals surface area contributed by atoms with Crippen LogP contribution in [0.3, 0.4) is 0 Å². The van der Waals surface area contributed by atoms with E-state index in [1.165, 1.54) is 33.0 Å². The van der Waals surface area contributed by atoms with Crippen LogP contribution in [0, 0.1) is 13.8 Å². The molecule has 1 atom stereocenters. The first kappa shape index (κ1) is 13.3. The predicted molar refractivity (Wildman–Crippen MR) is 88.6 cm³/mol. The van der Waals surface area contributed by atoms with Gasteiger partial charge in [-0.25, -0.2) is 0 Å². The summed E-state index contributed by atoms with van der Waals surface area (Å²) in [7, 11) is 2.04. The topological polar surface area (TPSA) is 12.0 Å². The second kappa shape index (κ2) is 5.39. The van der Waals surface area contributed by atoms with Crippen molar-refractivity contribution in [3.05, 3.63) is 69.4 Å². The zero-order chi connectivity index (χ0) is 14.1. The number of hydrogen-bond acceptors (Lipinski definition) is 2. The van der Waals surface area contributed by atoms with Crippen LogP contribution in [-0.2, 0) is 0 Å². The quantitative estimate of drug-likeness (QED) is 0.725. The maximum atomic E-state index is 3.50. The van der Waals surface area contributed by atoms with E-state index in [2.05, 4.69) is 66.3 Å². The van der Waals surface area contributed by atoms with Gasteiger partial charge in [0.1, 0.15) is 0 Å². The van der Waals surface area contributed by atoms with E-state index < -0.39 is 0 Å². The fraction of sp³-hybridized carbons (Fsp3) is 0.222. The van der Waals surface area contributed by atoms with Gasteiger partial charge in [0, 0.05) is 0 Å². The molecule has 0 aliphatic rings. The van der Waals surface area contributed by atoms with Crippen LogP contribution in [0.15, 0.2) is 47.2 Å². The Morgan fingerprint density at radius 1 is 0.950 bits per heavy atom. The Labute approximate surface area is 124 Å². The van der Waals surface area contributed by atoms with Crippen molar-refractivity contribution in [3.8, 4) is 0 Å². The molecular weight excluding hydrogens is 262 g/mol. The molecule has 102 valence electrons. The summed E-state index contributed by atoms with van der Waals surface area (Å²) in [5.41, 5.74) is 5.49. The second-order valence-electron chi connectivity index (χ2n) is 5.25. The fourth-order valence-electron chi connectivity index (χ4n) is 2.91. The van der Waals surface area contributed by atoms with Crippen molar-refractivity contribution in [2.24, 2.45) is 0 Å². The van der Waals surface area contributed by atoms with Crippen LogP contribution >= 0.6 is 11.3 Å². The molecule has 0 amide bonds. The number of benzene rings is 2. The summed E-state index contributed by atoms with van der Waals surface area (Å²) in [6.07, 6.45) is 0. The summed E-state index contributed by atoms with van der Waals surface area (Å²) < 4.78 is 0. The van der Waals surface area contributed by atoms with E-state index in [4.69, 9.17) is 0 Å². The molecule has 1 unspecified atom stereocenters. The molecule has 1 heterocycles. The Morgan fingerprint density at radius 2 is 1.75 bits per heavy atom. The molecule has 2 aromatic carbocycles. The average Bonchev–Trinajstić information content (AvgIpc) is 2.88. The number of thiophene rings is 1. The lowest BCUT2D eigenvalue weighted by molar-refractivity contribution is 0.691. The van der Waals surface area contributed by atoms with E-state index >= 15 is 0 Å². The van der Waals surface area contributed by atoms with Crippen molar-refractivity contribution < 1.29 is 0 Å². The maximum Gasteiger partial charge on any atom is 0.0593 e. The van der Waals surface area contributed by atoms with Crippen molar-refractivity contribution in [3.63, 3.8) is 0 Å². The van der Waals surface area contributed by atoms with Crippen LogP contribution < -0.4 is 5.32 Å². The van der Waals surface area contributed by atoms with Gasteiger partial charge in [0.25, 0.3) is 0 Å². The first-order valence-corrected chi connectivity index (χ1v) is 7.85. The molecule has 2 heteroatoms.